The second kappa shape index (κ2) is 19.9. The lowest BCUT2D eigenvalue weighted by atomic mass is 9.33. The number of unbranched alkanes of at least 4 members (excludes halogenated alkanes) is 2. The first-order valence-corrected chi connectivity index (χ1v) is 22.0. The number of hydrogen-bond acceptors (Lipinski definition) is 7. The Labute approximate surface area is 344 Å². The molecular weight excluding hydrogens is 725 g/mol. The summed E-state index contributed by atoms with van der Waals surface area (Å²) in [4.78, 5) is 61.2. The van der Waals surface area contributed by atoms with Gasteiger partial charge in [0.1, 0.15) is 12.7 Å². The third kappa shape index (κ3) is 9.94. The fraction of sp³-hybridized carbons (Fsp3) is 0.851. The van der Waals surface area contributed by atoms with Crippen molar-refractivity contribution in [3.63, 3.8) is 0 Å². The molecule has 0 radical (unpaired) electrons. The van der Waals surface area contributed by atoms with E-state index in [0.717, 1.165) is 51.4 Å². The molecule has 0 aliphatic heterocycles. The van der Waals surface area contributed by atoms with E-state index in [2.05, 4.69) is 47.6 Å². The Bertz CT molecular complexity index is 1450. The van der Waals surface area contributed by atoms with Gasteiger partial charge in [-0.15, -0.1) is 0 Å². The molecule has 0 aromatic carbocycles. The number of allylic oxidation sites excluding steroid dienone is 2. The molecule has 57 heavy (non-hydrogen) atoms. The topological polar surface area (TPSA) is 164 Å². The maximum Gasteiger partial charge on any atom is 0.310 e. The van der Waals surface area contributed by atoms with Gasteiger partial charge in [-0.25, -0.2) is 0 Å². The number of rotatable bonds is 14. The molecule has 0 heterocycles. The molecular formula is C47H80O10. The van der Waals surface area contributed by atoms with Gasteiger partial charge in [-0.2, -0.15) is 0 Å². The highest BCUT2D eigenvalue weighted by molar-refractivity contribution is 5.77. The van der Waals surface area contributed by atoms with Gasteiger partial charge in [0.2, 0.25) is 0 Å². The average molecular weight is 805 g/mol. The molecule has 0 bridgehead atoms. The van der Waals surface area contributed by atoms with Crippen molar-refractivity contribution in [2.24, 2.45) is 50.2 Å². The highest BCUT2D eigenvalue weighted by Gasteiger charge is 2.70. The molecule has 0 saturated heterocycles. The SMILES string of the molecule is C.CC.CC.CC1(C)CC[C@]2(C(=O)O)CC[C@]3(C)C(=CCC4[C@@]5(C)CC[C@H](OC(=O)CCCCC(=O)O)[C@@](C)(COC(=O)CCCCC(=O)O)C5CC[C@]43C)[C@@H]2C1. The van der Waals surface area contributed by atoms with Crippen LogP contribution in [0.1, 0.15) is 192 Å². The monoisotopic (exact) mass is 805 g/mol. The third-order valence-corrected chi connectivity index (χ3v) is 15.7. The smallest absolute Gasteiger partial charge is 0.310 e. The molecule has 328 valence electrons. The van der Waals surface area contributed by atoms with Gasteiger partial charge in [0.05, 0.1) is 5.41 Å². The van der Waals surface area contributed by atoms with Gasteiger partial charge in [0, 0.05) is 31.1 Å². The number of hydrogen-bond donors (Lipinski definition) is 3. The normalized spacial score (nSPS) is 35.8. The Morgan fingerprint density at radius 3 is 1.79 bits per heavy atom. The third-order valence-electron chi connectivity index (χ3n) is 15.7. The Morgan fingerprint density at radius 1 is 0.684 bits per heavy atom. The lowest BCUT2D eigenvalue weighted by molar-refractivity contribution is -0.227. The van der Waals surface area contributed by atoms with Crippen molar-refractivity contribution in [2.45, 2.75) is 198 Å². The number of fused-ring (bicyclic) bond motifs is 7. The average Bonchev–Trinajstić information content (AvgIpc) is 3.14. The van der Waals surface area contributed by atoms with Crippen molar-refractivity contribution in [3.8, 4) is 0 Å². The van der Waals surface area contributed by atoms with Crippen LogP contribution in [0.25, 0.3) is 0 Å². The van der Waals surface area contributed by atoms with Crippen molar-refractivity contribution < 1.29 is 48.8 Å². The van der Waals surface area contributed by atoms with Gasteiger partial charge >= 0.3 is 29.8 Å². The van der Waals surface area contributed by atoms with E-state index in [4.69, 9.17) is 19.7 Å². The van der Waals surface area contributed by atoms with Crippen LogP contribution in [-0.4, -0.2) is 57.9 Å². The molecule has 0 aromatic heterocycles. The van der Waals surface area contributed by atoms with Crippen LogP contribution in [-0.2, 0) is 33.4 Å². The standard InChI is InChI=1S/C42H64O10.2C2H6.CH4/c1-37(2)21-23-42(36(49)50)24-22-40(5)27(28(42)25-37)15-16-30-38(3)19-18-31(52-35(48)14-10-8-12-33(45)46)39(4,29(38)17-20-41(30,40)6)26-51-34(47)13-9-7-11-32(43)44;2*1-2;/h15,28-31H,7-14,16-26H2,1-6H3,(H,43,44)(H,45,46)(H,49,50);2*1-2H3;1H4/t28-,29?,30?,31-,38-,39-,40+,41+,42-;;;/m0.../s1. The van der Waals surface area contributed by atoms with Gasteiger partial charge in [-0.3, -0.25) is 24.0 Å². The quantitative estimate of drug-likeness (QED) is 0.0874. The molecule has 5 rings (SSSR count). The van der Waals surface area contributed by atoms with Crippen LogP contribution in [0.15, 0.2) is 11.6 Å². The van der Waals surface area contributed by atoms with Crippen LogP contribution in [0.2, 0.25) is 0 Å². The predicted molar refractivity (Wildman–Crippen MR) is 223 cm³/mol. The Morgan fingerprint density at radius 2 is 1.23 bits per heavy atom. The second-order valence-corrected chi connectivity index (χ2v) is 19.1. The van der Waals surface area contributed by atoms with Crippen molar-refractivity contribution in [2.75, 3.05) is 6.61 Å². The molecule has 10 heteroatoms. The van der Waals surface area contributed by atoms with E-state index < -0.39 is 34.8 Å². The molecule has 9 atom stereocenters. The number of carbonyl (C=O) groups excluding carboxylic acids is 2. The second-order valence-electron chi connectivity index (χ2n) is 19.1. The minimum Gasteiger partial charge on any atom is -0.481 e. The lowest BCUT2D eigenvalue weighted by Gasteiger charge is -2.71. The Balaban J connectivity index is 0.00000217. The summed E-state index contributed by atoms with van der Waals surface area (Å²) in [6, 6.07) is 0. The lowest BCUT2D eigenvalue weighted by Crippen LogP contribution is -2.66. The zero-order valence-corrected chi connectivity index (χ0v) is 36.5. The van der Waals surface area contributed by atoms with Gasteiger partial charge in [0.15, 0.2) is 0 Å². The molecule has 0 spiro atoms. The van der Waals surface area contributed by atoms with E-state index in [-0.39, 0.29) is 85.2 Å². The fourth-order valence-corrected chi connectivity index (χ4v) is 12.4. The first-order chi connectivity index (χ1) is 26.2. The molecule has 0 amide bonds. The fourth-order valence-electron chi connectivity index (χ4n) is 12.4. The van der Waals surface area contributed by atoms with E-state index in [1.807, 2.05) is 27.7 Å². The summed E-state index contributed by atoms with van der Waals surface area (Å²) >= 11 is 0. The number of carbonyl (C=O) groups is 5. The Kier molecular flexibility index (Phi) is 17.5. The van der Waals surface area contributed by atoms with Crippen LogP contribution in [0, 0.1) is 50.2 Å². The van der Waals surface area contributed by atoms with Crippen molar-refractivity contribution in [1.29, 1.82) is 0 Å². The maximum absolute atomic E-state index is 13.2. The minimum atomic E-state index is -0.894. The highest BCUT2D eigenvalue weighted by Crippen LogP contribution is 2.76. The first kappa shape index (κ1) is 50.2. The van der Waals surface area contributed by atoms with Crippen molar-refractivity contribution in [1.82, 2.24) is 0 Å². The van der Waals surface area contributed by atoms with E-state index >= 15 is 0 Å². The van der Waals surface area contributed by atoms with Crippen LogP contribution >= 0.6 is 0 Å². The summed E-state index contributed by atoms with van der Waals surface area (Å²) in [5.74, 6) is -2.74. The van der Waals surface area contributed by atoms with Crippen LogP contribution in [0.3, 0.4) is 0 Å². The largest absolute Gasteiger partial charge is 0.481 e. The van der Waals surface area contributed by atoms with Crippen molar-refractivity contribution >= 4 is 29.8 Å². The number of aliphatic carboxylic acids is 3. The number of carboxylic acid groups (broad SMARTS) is 3. The molecule has 3 N–H and O–H groups in total. The number of esters is 2. The summed E-state index contributed by atoms with van der Waals surface area (Å²) in [7, 11) is 0. The minimum absolute atomic E-state index is 0. The zero-order valence-electron chi connectivity index (χ0n) is 36.5. The van der Waals surface area contributed by atoms with Crippen LogP contribution < -0.4 is 0 Å². The highest BCUT2D eigenvalue weighted by atomic mass is 16.6. The molecule has 2 unspecified atom stereocenters. The van der Waals surface area contributed by atoms with Crippen LogP contribution in [0.5, 0.6) is 0 Å². The zero-order chi connectivity index (χ0) is 42.3. The molecule has 10 nitrogen and oxygen atoms in total. The molecule has 5 aliphatic rings. The summed E-state index contributed by atoms with van der Waals surface area (Å²) < 4.78 is 12.2. The number of carboxylic acids is 3. The van der Waals surface area contributed by atoms with Gasteiger partial charge < -0.3 is 24.8 Å². The van der Waals surface area contributed by atoms with Gasteiger partial charge in [-0.1, -0.05) is 88.3 Å². The van der Waals surface area contributed by atoms with Crippen LogP contribution in [0.4, 0.5) is 0 Å². The predicted octanol–water partition coefficient (Wildman–Crippen LogP) is 11.3. The Hall–Kier alpha value is -2.91. The molecule has 4 saturated carbocycles. The molecule has 4 fully saturated rings. The first-order valence-electron chi connectivity index (χ1n) is 22.0. The molecule has 5 aliphatic carbocycles. The summed E-state index contributed by atoms with van der Waals surface area (Å²) in [6.07, 6.45) is 12.1. The van der Waals surface area contributed by atoms with Gasteiger partial charge in [0.25, 0.3) is 0 Å². The van der Waals surface area contributed by atoms with Gasteiger partial charge in [-0.05, 0) is 129 Å². The van der Waals surface area contributed by atoms with E-state index in [9.17, 15) is 29.1 Å². The summed E-state index contributed by atoms with van der Waals surface area (Å²) in [6.45, 7) is 22.1. The van der Waals surface area contributed by atoms with E-state index in [1.165, 1.54) is 5.57 Å². The maximum atomic E-state index is 13.2. The molecule has 0 aromatic rings. The van der Waals surface area contributed by atoms with Crippen molar-refractivity contribution in [3.05, 3.63) is 11.6 Å². The number of ether oxygens (including phenoxy) is 2. The summed E-state index contributed by atoms with van der Waals surface area (Å²) in [5, 5.41) is 28.7. The van der Waals surface area contributed by atoms with E-state index in [1.54, 1.807) is 0 Å². The summed E-state index contributed by atoms with van der Waals surface area (Å²) in [5.41, 5.74) is -0.255. The van der Waals surface area contributed by atoms with E-state index in [0.29, 0.717) is 44.4 Å².